The molecule has 0 aromatic carbocycles. The predicted octanol–water partition coefficient (Wildman–Crippen LogP) is -6.92. The van der Waals surface area contributed by atoms with Crippen LogP contribution in [0.25, 0.3) is 0 Å². The third-order valence-electron chi connectivity index (χ3n) is 0. The van der Waals surface area contributed by atoms with Gasteiger partial charge in [-0.2, -0.15) is 0 Å². The quantitative estimate of drug-likeness (QED) is 0.293. The fourth-order valence-electron chi connectivity index (χ4n) is 0. The van der Waals surface area contributed by atoms with Gasteiger partial charge in [-0.3, -0.25) is 0 Å². The van der Waals surface area contributed by atoms with Gasteiger partial charge >= 0.3 is 0 Å². The Labute approximate surface area is 93.0 Å². The summed E-state index contributed by atoms with van der Waals surface area (Å²) in [6, 6.07) is 0. The molecule has 0 saturated heterocycles. The van der Waals surface area contributed by atoms with Crippen LogP contribution < -0.4 is 20.4 Å². The maximum Gasteiger partial charge on any atom is 0.0275 e. The molecule has 9 heteroatoms. The molecule has 0 unspecified atom stereocenters. The van der Waals surface area contributed by atoms with E-state index in [1.54, 1.807) is 0 Å². The topological polar surface area (TPSA) is 161 Å². The Morgan fingerprint density at radius 2 is 0.538 bits per heavy atom. The van der Waals surface area contributed by atoms with Gasteiger partial charge < -0.3 is 39.6 Å². The smallest absolute Gasteiger partial charge is 0.0275 e. The van der Waals surface area contributed by atoms with E-state index in [1.165, 1.54) is 0 Å². The Morgan fingerprint density at radius 3 is 0.538 bits per heavy atom. The summed E-state index contributed by atoms with van der Waals surface area (Å²) in [4.78, 5) is 33.0. The maximum atomic E-state index is 8.25. The van der Waals surface area contributed by atoms with Crippen LogP contribution in [-0.4, -0.2) is 53.2 Å². The molecule has 76 valence electrons. The molecule has 0 fully saturated rings. The van der Waals surface area contributed by atoms with Crippen molar-refractivity contribution in [1.82, 2.24) is 0 Å². The van der Waals surface area contributed by atoms with E-state index in [4.69, 9.17) is 39.6 Å². The second kappa shape index (κ2) is 132. The number of carbonyl (C=O) groups is 4. The Morgan fingerprint density at radius 1 is 0.538 bits per heavy atom. The zero-order valence-corrected chi connectivity index (χ0v) is 9.96. The van der Waals surface area contributed by atoms with Crippen LogP contribution in [0.15, 0.2) is 0 Å². The molecule has 0 atom stereocenters. The molecular weight excluding hydrogens is 383 g/mol. The summed E-state index contributed by atoms with van der Waals surface area (Å²) < 4.78 is 0. The van der Waals surface area contributed by atoms with Gasteiger partial charge in [0.25, 0.3) is 0 Å². The van der Waals surface area contributed by atoms with Crippen molar-refractivity contribution < 1.29 is 39.6 Å². The molecule has 0 aliphatic rings. The predicted molar refractivity (Wildman–Crippen MR) is 30.0 cm³/mol. The molecule has 0 amide bonds. The van der Waals surface area contributed by atoms with Gasteiger partial charge in [0.2, 0.25) is 0 Å². The Bertz CT molecular complexity index is 70.1. The monoisotopic (exact) mass is 388 g/mol. The van der Waals surface area contributed by atoms with E-state index in [1.807, 2.05) is 0 Å². The van der Waals surface area contributed by atoms with E-state index in [0.717, 1.165) is 0 Å². The number of carbonyl (C=O) groups excluding carboxylic acids is 4. The summed E-state index contributed by atoms with van der Waals surface area (Å²) in [5.41, 5.74) is 0. The van der Waals surface area contributed by atoms with Crippen molar-refractivity contribution in [2.45, 2.75) is 0 Å². The van der Waals surface area contributed by atoms with Crippen molar-refractivity contribution in [2.75, 3.05) is 0 Å². The molecule has 0 aromatic heterocycles. The van der Waals surface area contributed by atoms with Gasteiger partial charge in [-0.1, -0.05) is 0 Å². The fourth-order valence-corrected chi connectivity index (χ4v) is 0. The summed E-state index contributed by atoms with van der Waals surface area (Å²) >= 11 is 0. The number of hydrogen-bond acceptors (Lipinski definition) is 8. The average molecular weight is 387 g/mol. The van der Waals surface area contributed by atoms with Gasteiger partial charge in [0.05, 0.1) is 0 Å². The van der Waals surface area contributed by atoms with E-state index in [0.29, 0.717) is 0 Å². The molecule has 0 aromatic rings. The van der Waals surface area contributed by atoms with Gasteiger partial charge in [-0.05, 0) is 0 Å². The van der Waals surface area contributed by atoms with Crippen LogP contribution in [0.3, 0.4) is 0 Å². The number of rotatable bonds is 0. The summed E-state index contributed by atoms with van der Waals surface area (Å²) in [6.07, 6.45) is 0. The molecule has 0 heterocycles. The minimum Gasteiger partial charge on any atom is -0.554 e. The second-order valence-electron chi connectivity index (χ2n) is 0.385. The average Bonchev–Trinajstić information content (AvgIpc) is 1.92. The summed E-state index contributed by atoms with van der Waals surface area (Å²) in [5, 5.41) is 33.0. The van der Waals surface area contributed by atoms with Crippen LogP contribution in [-0.2, 0) is 19.2 Å². The molecule has 0 spiro atoms. The Kier molecular flexibility index (Phi) is 303. The summed E-state index contributed by atoms with van der Waals surface area (Å²) in [6.45, 7) is -2.00. The van der Waals surface area contributed by atoms with Crippen LogP contribution in [0.2, 0.25) is 0 Å². The zero-order valence-electron chi connectivity index (χ0n) is 6.08. The molecule has 0 N–H and O–H groups in total. The molecule has 0 aliphatic heterocycles. The molecule has 0 aliphatic carbocycles. The van der Waals surface area contributed by atoms with Crippen molar-refractivity contribution >= 4 is 53.2 Å². The first-order chi connectivity index (χ1) is 5.66. The van der Waals surface area contributed by atoms with Crippen molar-refractivity contribution in [3.63, 3.8) is 0 Å². The number of hydrogen-bond donors (Lipinski definition) is 0. The van der Waals surface area contributed by atoms with Crippen LogP contribution in [0.5, 0.6) is 0 Å². The molecule has 4 radical (unpaired) electrons. The Balaban J connectivity index is -0.0000000213. The van der Waals surface area contributed by atoms with Crippen LogP contribution >= 0.6 is 0 Å². The first kappa shape index (κ1) is 29.8. The largest absolute Gasteiger partial charge is 0.554 e. The van der Waals surface area contributed by atoms with E-state index in [9.17, 15) is 0 Å². The third-order valence-corrected chi connectivity index (χ3v) is 0. The minimum absolute atomic E-state index is 0. The summed E-state index contributed by atoms with van der Waals surface area (Å²) in [5.74, 6) is 0. The molecular formula is C4H4O8Pb-4. The zero-order chi connectivity index (χ0) is 10.8. The van der Waals surface area contributed by atoms with E-state index < -0.39 is 25.9 Å². The molecule has 0 bridgehead atoms. The van der Waals surface area contributed by atoms with Gasteiger partial charge in [-0.15, -0.1) is 0 Å². The van der Waals surface area contributed by atoms with E-state index in [-0.39, 0.29) is 27.3 Å². The van der Waals surface area contributed by atoms with Crippen molar-refractivity contribution in [2.24, 2.45) is 0 Å². The minimum atomic E-state index is -0.500. The van der Waals surface area contributed by atoms with Crippen molar-refractivity contribution in [1.29, 1.82) is 0 Å². The molecule has 8 nitrogen and oxygen atoms in total. The van der Waals surface area contributed by atoms with Crippen LogP contribution in [0, 0.1) is 0 Å². The normalized spacial score (nSPS) is 3.69. The molecule has 13 heavy (non-hydrogen) atoms. The maximum absolute atomic E-state index is 8.25. The van der Waals surface area contributed by atoms with Crippen molar-refractivity contribution in [3.8, 4) is 0 Å². The first-order valence-electron chi connectivity index (χ1n) is 1.89. The first-order valence-corrected chi connectivity index (χ1v) is 1.89. The standard InChI is InChI=1S/4CH2O2.Pb/c4*2-1-3;/h4*1H,(H,2,3);/p-4. The van der Waals surface area contributed by atoms with Crippen molar-refractivity contribution in [3.05, 3.63) is 0 Å². The van der Waals surface area contributed by atoms with Gasteiger partial charge in [0.1, 0.15) is 0 Å². The Hall–Kier alpha value is -1.20. The van der Waals surface area contributed by atoms with Gasteiger partial charge in [0.15, 0.2) is 0 Å². The molecule has 0 rings (SSSR count). The van der Waals surface area contributed by atoms with E-state index >= 15 is 0 Å². The second-order valence-corrected chi connectivity index (χ2v) is 0.385. The summed E-state index contributed by atoms with van der Waals surface area (Å²) in [7, 11) is 0. The van der Waals surface area contributed by atoms with Gasteiger partial charge in [0, 0.05) is 53.2 Å². The third kappa shape index (κ3) is 583. The van der Waals surface area contributed by atoms with E-state index in [2.05, 4.69) is 0 Å². The fraction of sp³-hybridized carbons (Fsp3) is 0. The van der Waals surface area contributed by atoms with Crippen LogP contribution in [0.4, 0.5) is 0 Å². The van der Waals surface area contributed by atoms with Crippen LogP contribution in [0.1, 0.15) is 0 Å². The SMILES string of the molecule is O=C[O-].O=C[O-].O=C[O-].O=C[O-].[Pb]. The molecule has 0 saturated carbocycles. The number of carboxylic acid groups (broad SMARTS) is 4. The van der Waals surface area contributed by atoms with Gasteiger partial charge in [-0.25, -0.2) is 0 Å².